The highest BCUT2D eigenvalue weighted by atomic mass is 35.5. The van der Waals surface area contributed by atoms with Gasteiger partial charge in [-0.05, 0) is 31.5 Å². The number of nitrogens with zero attached hydrogens (tertiary/aromatic N) is 3. The Morgan fingerprint density at radius 2 is 2.15 bits per heavy atom. The lowest BCUT2D eigenvalue weighted by atomic mass is 10.2. The molecule has 0 bridgehead atoms. The molecule has 2 aromatic rings. The second-order valence-electron chi connectivity index (χ2n) is 4.59. The molecule has 1 heterocycles. The van der Waals surface area contributed by atoms with Gasteiger partial charge in [0.2, 0.25) is 0 Å². The van der Waals surface area contributed by atoms with Crippen LogP contribution in [0.1, 0.15) is 31.3 Å². The molecule has 0 aliphatic carbocycles. The highest BCUT2D eigenvalue weighted by Crippen LogP contribution is 2.26. The molecule has 4 nitrogen and oxygen atoms in total. The summed E-state index contributed by atoms with van der Waals surface area (Å²) in [7, 11) is 0. The summed E-state index contributed by atoms with van der Waals surface area (Å²) in [5.74, 6) is 0.900. The molecule has 0 atom stereocenters. The number of aromatic nitrogens is 3. The zero-order valence-electron chi connectivity index (χ0n) is 11.3. The van der Waals surface area contributed by atoms with Gasteiger partial charge in [-0.15, -0.1) is 10.2 Å². The van der Waals surface area contributed by atoms with Crippen molar-refractivity contribution in [2.45, 2.75) is 37.3 Å². The summed E-state index contributed by atoms with van der Waals surface area (Å²) in [6.45, 7) is 4.41. The summed E-state index contributed by atoms with van der Waals surface area (Å²) in [4.78, 5) is 0. The van der Waals surface area contributed by atoms with Gasteiger partial charge in [-0.2, -0.15) is 0 Å². The molecule has 1 aromatic carbocycles. The van der Waals surface area contributed by atoms with E-state index in [1.807, 2.05) is 18.4 Å². The summed E-state index contributed by atoms with van der Waals surface area (Å²) >= 11 is 7.17. The fraction of sp³-hybridized carbons (Fsp3) is 0.385. The Balaban J connectivity index is 2.17. The molecule has 0 fully saturated rings. The number of benzene rings is 1. The minimum absolute atomic E-state index is 0.209. The van der Waals surface area contributed by atoms with Crippen LogP contribution in [0, 0.1) is 5.82 Å². The van der Waals surface area contributed by atoms with Crippen molar-refractivity contribution >= 4 is 23.4 Å². The van der Waals surface area contributed by atoms with Crippen molar-refractivity contribution in [1.82, 2.24) is 14.8 Å². The van der Waals surface area contributed by atoms with E-state index in [4.69, 9.17) is 17.3 Å². The van der Waals surface area contributed by atoms with E-state index in [1.165, 1.54) is 17.8 Å². The molecule has 0 spiro atoms. The standard InChI is InChI=1S/C13H16ClFN4S/c1-8(2)19-12(6-16)17-18-13(19)20-7-9-3-4-10(14)5-11(9)15/h3-5,8H,6-7,16H2,1-2H3. The summed E-state index contributed by atoms with van der Waals surface area (Å²) < 4.78 is 15.7. The van der Waals surface area contributed by atoms with E-state index in [9.17, 15) is 4.39 Å². The fourth-order valence-electron chi connectivity index (χ4n) is 1.84. The maximum atomic E-state index is 13.7. The SMILES string of the molecule is CC(C)n1c(CN)nnc1SCc1ccc(Cl)cc1F. The molecule has 0 saturated carbocycles. The lowest BCUT2D eigenvalue weighted by Gasteiger charge is -2.12. The van der Waals surface area contributed by atoms with Crippen LogP contribution in [0.4, 0.5) is 4.39 Å². The van der Waals surface area contributed by atoms with E-state index in [0.717, 1.165) is 11.0 Å². The zero-order valence-corrected chi connectivity index (χ0v) is 12.9. The Morgan fingerprint density at radius 1 is 1.40 bits per heavy atom. The van der Waals surface area contributed by atoms with E-state index in [1.54, 1.807) is 12.1 Å². The first-order chi connectivity index (χ1) is 9.52. The lowest BCUT2D eigenvalue weighted by Crippen LogP contribution is -2.11. The van der Waals surface area contributed by atoms with Crippen molar-refractivity contribution in [3.63, 3.8) is 0 Å². The molecular weight excluding hydrogens is 299 g/mol. The first kappa shape index (κ1) is 15.3. The predicted molar refractivity (Wildman–Crippen MR) is 79.3 cm³/mol. The van der Waals surface area contributed by atoms with Crippen LogP contribution in [-0.2, 0) is 12.3 Å². The summed E-state index contributed by atoms with van der Waals surface area (Å²) in [5.41, 5.74) is 6.23. The van der Waals surface area contributed by atoms with Crippen molar-refractivity contribution in [3.8, 4) is 0 Å². The topological polar surface area (TPSA) is 56.7 Å². The van der Waals surface area contributed by atoms with Gasteiger partial charge < -0.3 is 10.3 Å². The number of hydrogen-bond acceptors (Lipinski definition) is 4. The largest absolute Gasteiger partial charge is 0.324 e. The van der Waals surface area contributed by atoms with Crippen LogP contribution in [-0.4, -0.2) is 14.8 Å². The van der Waals surface area contributed by atoms with Crippen LogP contribution >= 0.6 is 23.4 Å². The molecule has 0 radical (unpaired) electrons. The Kier molecular flexibility index (Phi) is 5.01. The fourth-order valence-corrected chi connectivity index (χ4v) is 3.08. The molecule has 0 aliphatic rings. The first-order valence-electron chi connectivity index (χ1n) is 6.23. The van der Waals surface area contributed by atoms with Crippen LogP contribution in [0.3, 0.4) is 0 Å². The normalized spacial score (nSPS) is 11.3. The third kappa shape index (κ3) is 3.31. The molecule has 0 unspecified atom stereocenters. The first-order valence-corrected chi connectivity index (χ1v) is 7.60. The second-order valence-corrected chi connectivity index (χ2v) is 5.97. The number of halogens is 2. The number of thioether (sulfide) groups is 1. The molecular formula is C13H16ClFN4S. The summed E-state index contributed by atoms with van der Waals surface area (Å²) in [5, 5.41) is 9.32. The van der Waals surface area contributed by atoms with Crippen molar-refractivity contribution in [3.05, 3.63) is 40.4 Å². The Morgan fingerprint density at radius 3 is 2.75 bits per heavy atom. The van der Waals surface area contributed by atoms with Gasteiger partial charge in [0.15, 0.2) is 5.16 Å². The van der Waals surface area contributed by atoms with Crippen LogP contribution in [0.2, 0.25) is 5.02 Å². The van der Waals surface area contributed by atoms with Crippen molar-refractivity contribution in [1.29, 1.82) is 0 Å². The minimum Gasteiger partial charge on any atom is -0.324 e. The van der Waals surface area contributed by atoms with Crippen LogP contribution in [0.15, 0.2) is 23.4 Å². The van der Waals surface area contributed by atoms with Gasteiger partial charge in [0.25, 0.3) is 0 Å². The van der Waals surface area contributed by atoms with Gasteiger partial charge in [0, 0.05) is 16.8 Å². The van der Waals surface area contributed by atoms with Crippen molar-refractivity contribution < 1.29 is 4.39 Å². The Bertz CT molecular complexity index is 600. The highest BCUT2D eigenvalue weighted by Gasteiger charge is 2.15. The summed E-state index contributed by atoms with van der Waals surface area (Å²) in [6.07, 6.45) is 0. The molecule has 7 heteroatoms. The van der Waals surface area contributed by atoms with Crippen LogP contribution in [0.25, 0.3) is 0 Å². The minimum atomic E-state index is -0.306. The van der Waals surface area contributed by atoms with Crippen molar-refractivity contribution in [2.24, 2.45) is 5.73 Å². The molecule has 0 amide bonds. The third-order valence-electron chi connectivity index (χ3n) is 2.81. The Hall–Kier alpha value is -1.11. The molecule has 0 aliphatic heterocycles. The predicted octanol–water partition coefficient (Wildman–Crippen LogP) is 3.40. The maximum absolute atomic E-state index is 13.7. The van der Waals surface area contributed by atoms with Crippen LogP contribution < -0.4 is 5.73 Å². The van der Waals surface area contributed by atoms with E-state index in [2.05, 4.69) is 10.2 Å². The maximum Gasteiger partial charge on any atom is 0.191 e. The molecule has 108 valence electrons. The smallest absolute Gasteiger partial charge is 0.191 e. The summed E-state index contributed by atoms with van der Waals surface area (Å²) in [6, 6.07) is 4.89. The average Bonchev–Trinajstić information content (AvgIpc) is 2.80. The van der Waals surface area contributed by atoms with Gasteiger partial charge in [-0.3, -0.25) is 0 Å². The second kappa shape index (κ2) is 6.56. The van der Waals surface area contributed by atoms with Gasteiger partial charge >= 0.3 is 0 Å². The average molecular weight is 315 g/mol. The molecule has 20 heavy (non-hydrogen) atoms. The molecule has 2 N–H and O–H groups in total. The van der Waals surface area contributed by atoms with E-state index >= 15 is 0 Å². The van der Waals surface area contributed by atoms with E-state index < -0.39 is 0 Å². The van der Waals surface area contributed by atoms with E-state index in [-0.39, 0.29) is 11.9 Å². The van der Waals surface area contributed by atoms with Gasteiger partial charge in [-0.1, -0.05) is 29.4 Å². The monoisotopic (exact) mass is 314 g/mol. The quantitative estimate of drug-likeness (QED) is 0.859. The van der Waals surface area contributed by atoms with Gasteiger partial charge in [0.1, 0.15) is 11.6 Å². The molecule has 1 aromatic heterocycles. The van der Waals surface area contributed by atoms with E-state index in [0.29, 0.717) is 22.9 Å². The zero-order chi connectivity index (χ0) is 14.7. The Labute approximate surface area is 126 Å². The highest BCUT2D eigenvalue weighted by molar-refractivity contribution is 7.98. The molecule has 0 saturated heterocycles. The van der Waals surface area contributed by atoms with Crippen LogP contribution in [0.5, 0.6) is 0 Å². The third-order valence-corrected chi connectivity index (χ3v) is 4.03. The number of hydrogen-bond donors (Lipinski definition) is 1. The molecule has 2 rings (SSSR count). The van der Waals surface area contributed by atoms with Gasteiger partial charge in [0.05, 0.1) is 6.54 Å². The number of rotatable bonds is 5. The van der Waals surface area contributed by atoms with Crippen molar-refractivity contribution in [2.75, 3.05) is 0 Å². The number of nitrogens with two attached hydrogens (primary N) is 1. The lowest BCUT2D eigenvalue weighted by molar-refractivity contribution is 0.526. The van der Waals surface area contributed by atoms with Gasteiger partial charge in [-0.25, -0.2) is 4.39 Å².